The second kappa shape index (κ2) is 8.11. The lowest BCUT2D eigenvalue weighted by Gasteiger charge is -2.23. The first-order valence-electron chi connectivity index (χ1n) is 14.7. The minimum Gasteiger partial charge on any atom is -0.310 e. The van der Waals surface area contributed by atoms with Crippen LogP contribution < -0.4 is 0 Å². The number of benzene rings is 5. The zero-order chi connectivity index (χ0) is 27.3. The van der Waals surface area contributed by atoms with Crippen LogP contribution in [0.25, 0.3) is 61.3 Å². The first-order valence-corrected chi connectivity index (χ1v) is 14.7. The van der Waals surface area contributed by atoms with Crippen molar-refractivity contribution in [3.05, 3.63) is 138 Å². The number of rotatable bonds is 2. The maximum atomic E-state index is 2.48. The van der Waals surface area contributed by atoms with E-state index in [1.54, 1.807) is 0 Å². The molecule has 2 nitrogen and oxygen atoms in total. The zero-order valence-electron chi connectivity index (χ0n) is 23.4. The quantitative estimate of drug-likeness (QED) is 0.212. The molecule has 2 aliphatic rings. The topological polar surface area (TPSA) is 9.86 Å². The molecular weight excluding hydrogens is 496 g/mol. The summed E-state index contributed by atoms with van der Waals surface area (Å²) < 4.78 is 4.91. The van der Waals surface area contributed by atoms with E-state index in [1.807, 2.05) is 0 Å². The fourth-order valence-electron chi connectivity index (χ4n) is 7.66. The lowest BCUT2D eigenvalue weighted by Crippen LogP contribution is -2.16. The first-order chi connectivity index (χ1) is 20.1. The van der Waals surface area contributed by atoms with Gasteiger partial charge in [-0.25, -0.2) is 0 Å². The Kier molecular flexibility index (Phi) is 4.54. The van der Waals surface area contributed by atoms with Crippen LogP contribution in [0.3, 0.4) is 0 Å². The van der Waals surface area contributed by atoms with Gasteiger partial charge in [-0.2, -0.15) is 0 Å². The van der Waals surface area contributed by atoms with Gasteiger partial charge in [0.2, 0.25) is 0 Å². The molecule has 0 fully saturated rings. The largest absolute Gasteiger partial charge is 0.310 e. The number of hydrogen-bond acceptors (Lipinski definition) is 0. The average molecular weight is 527 g/mol. The Hall–Kier alpha value is -4.82. The van der Waals surface area contributed by atoms with Crippen LogP contribution in [0.1, 0.15) is 42.7 Å². The zero-order valence-corrected chi connectivity index (χ0v) is 23.4. The van der Waals surface area contributed by atoms with Crippen molar-refractivity contribution in [2.75, 3.05) is 0 Å². The molecule has 2 heteroatoms. The van der Waals surface area contributed by atoms with Crippen LogP contribution in [0.4, 0.5) is 0 Å². The molecule has 2 aromatic heterocycles. The van der Waals surface area contributed by atoms with Crippen LogP contribution in [0.15, 0.2) is 115 Å². The molecule has 9 rings (SSSR count). The molecule has 41 heavy (non-hydrogen) atoms. The monoisotopic (exact) mass is 526 g/mol. The molecule has 0 bridgehead atoms. The Balaban J connectivity index is 1.23. The average Bonchev–Trinajstić information content (AvgIpc) is 3.61. The van der Waals surface area contributed by atoms with Gasteiger partial charge in [-0.3, -0.25) is 0 Å². The van der Waals surface area contributed by atoms with E-state index in [9.17, 15) is 0 Å². The van der Waals surface area contributed by atoms with Crippen LogP contribution in [-0.2, 0) is 11.8 Å². The summed E-state index contributed by atoms with van der Waals surface area (Å²) >= 11 is 0. The van der Waals surface area contributed by atoms with Gasteiger partial charge in [-0.15, -0.1) is 0 Å². The highest BCUT2D eigenvalue weighted by Gasteiger charge is 2.36. The van der Waals surface area contributed by atoms with E-state index in [1.165, 1.54) is 77.6 Å². The molecule has 0 atom stereocenters. The summed E-state index contributed by atoms with van der Waals surface area (Å²) in [6, 6.07) is 40.6. The lowest BCUT2D eigenvalue weighted by atomic mass is 9.82. The Morgan fingerprint density at radius 1 is 0.561 bits per heavy atom. The van der Waals surface area contributed by atoms with E-state index in [0.29, 0.717) is 0 Å². The van der Waals surface area contributed by atoms with Gasteiger partial charge >= 0.3 is 0 Å². The van der Waals surface area contributed by atoms with Gasteiger partial charge in [0.15, 0.2) is 0 Å². The maximum absolute atomic E-state index is 2.48. The molecule has 0 radical (unpaired) electrons. The highest BCUT2D eigenvalue weighted by atomic mass is 15.0. The molecule has 0 unspecified atom stereocenters. The first kappa shape index (κ1) is 22.9. The highest BCUT2D eigenvalue weighted by molar-refractivity contribution is 6.09. The van der Waals surface area contributed by atoms with Gasteiger partial charge in [0.25, 0.3) is 0 Å². The Morgan fingerprint density at radius 2 is 1.07 bits per heavy atom. The van der Waals surface area contributed by atoms with E-state index in [4.69, 9.17) is 0 Å². The van der Waals surface area contributed by atoms with Crippen LogP contribution >= 0.6 is 0 Å². The third-order valence-corrected chi connectivity index (χ3v) is 9.60. The third kappa shape index (κ3) is 3.02. The van der Waals surface area contributed by atoms with Gasteiger partial charge in [-0.1, -0.05) is 86.7 Å². The van der Waals surface area contributed by atoms with E-state index in [-0.39, 0.29) is 5.41 Å². The standard InChI is InChI=1S/C39H30N2/c1-39(2)33-23-25(40-35-15-7-3-11-29(35)30-12-4-8-16-36(30)40)19-21-27(33)28-22-20-26(24-34(28)39)41-37-17-9-5-13-31(37)32-14-6-10-18-38(32)41/h3-5,7-13,15-24H,6,14H2,1-2H3. The van der Waals surface area contributed by atoms with Crippen molar-refractivity contribution in [3.8, 4) is 22.5 Å². The normalized spacial score (nSPS) is 15.0. The van der Waals surface area contributed by atoms with Crippen molar-refractivity contribution in [2.24, 2.45) is 0 Å². The van der Waals surface area contributed by atoms with Crippen molar-refractivity contribution < 1.29 is 0 Å². The van der Waals surface area contributed by atoms with Gasteiger partial charge in [0, 0.05) is 38.6 Å². The van der Waals surface area contributed by atoms with E-state index in [0.717, 1.165) is 12.8 Å². The van der Waals surface area contributed by atoms with Crippen molar-refractivity contribution >= 4 is 38.8 Å². The second-order valence-corrected chi connectivity index (χ2v) is 12.1. The van der Waals surface area contributed by atoms with Crippen molar-refractivity contribution in [3.63, 3.8) is 0 Å². The lowest BCUT2D eigenvalue weighted by molar-refractivity contribution is 0.659. The summed E-state index contributed by atoms with van der Waals surface area (Å²) in [5, 5.41) is 3.98. The summed E-state index contributed by atoms with van der Waals surface area (Å²) in [6.07, 6.45) is 6.86. The summed E-state index contributed by atoms with van der Waals surface area (Å²) in [4.78, 5) is 0. The van der Waals surface area contributed by atoms with Crippen LogP contribution in [-0.4, -0.2) is 9.13 Å². The Labute approximate surface area is 239 Å². The molecule has 0 saturated carbocycles. The van der Waals surface area contributed by atoms with Crippen molar-refractivity contribution in [1.29, 1.82) is 0 Å². The SMILES string of the molecule is CC1(C)c2cc(-n3c4c(c5ccccc53)CCC=C4)ccc2-c2ccc(-n3c4ccccc4c4ccccc43)cc21. The Bertz CT molecular complexity index is 2180. The number of aryl methyl sites for hydroxylation is 1. The van der Waals surface area contributed by atoms with Gasteiger partial charge in [-0.05, 0) is 89.2 Å². The number of allylic oxidation sites excluding steroid dienone is 1. The number of aromatic nitrogens is 2. The molecule has 0 saturated heterocycles. The molecule has 2 aliphatic carbocycles. The summed E-state index contributed by atoms with van der Waals surface area (Å²) in [6.45, 7) is 4.78. The van der Waals surface area contributed by atoms with Crippen molar-refractivity contribution in [1.82, 2.24) is 9.13 Å². The van der Waals surface area contributed by atoms with E-state index in [2.05, 4.69) is 144 Å². The molecule has 0 amide bonds. The molecule has 2 heterocycles. The molecule has 7 aromatic rings. The molecule has 0 aliphatic heterocycles. The number of fused-ring (bicyclic) bond motifs is 9. The van der Waals surface area contributed by atoms with Crippen LogP contribution in [0.5, 0.6) is 0 Å². The number of para-hydroxylation sites is 3. The van der Waals surface area contributed by atoms with Crippen molar-refractivity contribution in [2.45, 2.75) is 32.1 Å². The molecule has 5 aromatic carbocycles. The Morgan fingerprint density at radius 3 is 1.68 bits per heavy atom. The summed E-state index contributed by atoms with van der Waals surface area (Å²) in [5.74, 6) is 0. The number of hydrogen-bond donors (Lipinski definition) is 0. The number of nitrogens with zero attached hydrogens (tertiary/aromatic N) is 2. The smallest absolute Gasteiger partial charge is 0.0541 e. The fraction of sp³-hybridized carbons (Fsp3) is 0.128. The van der Waals surface area contributed by atoms with E-state index < -0.39 is 0 Å². The molecular formula is C39H30N2. The maximum Gasteiger partial charge on any atom is 0.0541 e. The minimum absolute atomic E-state index is 0.117. The van der Waals surface area contributed by atoms with Crippen LogP contribution in [0.2, 0.25) is 0 Å². The van der Waals surface area contributed by atoms with Gasteiger partial charge in [0.05, 0.1) is 16.6 Å². The molecule has 196 valence electrons. The third-order valence-electron chi connectivity index (χ3n) is 9.60. The van der Waals surface area contributed by atoms with Gasteiger partial charge in [0.1, 0.15) is 0 Å². The molecule has 0 N–H and O–H groups in total. The second-order valence-electron chi connectivity index (χ2n) is 12.1. The predicted octanol–water partition coefficient (Wildman–Crippen LogP) is 9.99. The van der Waals surface area contributed by atoms with Gasteiger partial charge < -0.3 is 9.13 Å². The summed E-state index contributed by atoms with van der Waals surface area (Å²) in [5.41, 5.74) is 14.4. The molecule has 0 spiro atoms. The fourth-order valence-corrected chi connectivity index (χ4v) is 7.66. The predicted molar refractivity (Wildman–Crippen MR) is 173 cm³/mol. The summed E-state index contributed by atoms with van der Waals surface area (Å²) in [7, 11) is 0. The minimum atomic E-state index is -0.117. The highest BCUT2D eigenvalue weighted by Crippen LogP contribution is 2.50. The van der Waals surface area contributed by atoms with E-state index >= 15 is 0 Å². The van der Waals surface area contributed by atoms with Crippen LogP contribution in [0, 0.1) is 0 Å².